The number of methoxy groups -OCH3 is 2. The van der Waals surface area contributed by atoms with E-state index >= 15 is 0 Å². The van der Waals surface area contributed by atoms with Gasteiger partial charge in [-0.2, -0.15) is 4.98 Å². The summed E-state index contributed by atoms with van der Waals surface area (Å²) >= 11 is 5.73. The fourth-order valence-corrected chi connectivity index (χ4v) is 4.24. The number of hydrogen-bond acceptors (Lipinski definition) is 6. The van der Waals surface area contributed by atoms with E-state index in [0.29, 0.717) is 23.4 Å². The van der Waals surface area contributed by atoms with Crippen molar-refractivity contribution in [2.75, 3.05) is 27.4 Å². The summed E-state index contributed by atoms with van der Waals surface area (Å²) in [5, 5.41) is 8.41. The molecule has 4 rings (SSSR count). The molecule has 0 radical (unpaired) electrons. The average molecular weight is 465 g/mol. The predicted octanol–water partition coefficient (Wildman–Crippen LogP) is 4.75. The van der Waals surface area contributed by atoms with Crippen LogP contribution in [0.1, 0.15) is 36.4 Å². The molecule has 3 aromatic rings. The molecule has 0 spiro atoms. The Morgan fingerprint density at radius 1 is 1.06 bits per heavy atom. The smallest absolute Gasteiger partial charge is 0.258 e. The number of aryl methyl sites for hydroxylation is 1. The Kier molecular flexibility index (Phi) is 7.05. The molecule has 0 amide bonds. The first-order valence-electron chi connectivity index (χ1n) is 10.8. The van der Waals surface area contributed by atoms with Gasteiger partial charge in [-0.05, 0) is 62.3 Å². The first-order chi connectivity index (χ1) is 16.0. The molecular weight excluding hydrogens is 436 g/mol. The van der Waals surface area contributed by atoms with Gasteiger partial charge in [-0.1, -0.05) is 35.0 Å². The minimum absolute atomic E-state index is 0.194. The molecule has 0 fully saturated rings. The van der Waals surface area contributed by atoms with Gasteiger partial charge in [0.25, 0.3) is 5.89 Å². The quantitative estimate of drug-likeness (QED) is 0.378. The van der Waals surface area contributed by atoms with Gasteiger partial charge in [0, 0.05) is 31.5 Å². The third kappa shape index (κ3) is 4.91. The topological polar surface area (TPSA) is 72.7 Å². The zero-order chi connectivity index (χ0) is 23.4. The Morgan fingerprint density at radius 2 is 1.79 bits per heavy atom. The number of allylic oxidation sites excluding steroid dienone is 1. The van der Waals surface area contributed by atoms with E-state index in [1.165, 1.54) is 5.56 Å². The van der Waals surface area contributed by atoms with Crippen LogP contribution in [0.15, 0.2) is 58.8 Å². The van der Waals surface area contributed by atoms with E-state index in [9.17, 15) is 0 Å². The first kappa shape index (κ1) is 22.9. The molecule has 172 valence electrons. The Labute approximate surface area is 199 Å². The third-order valence-corrected chi connectivity index (χ3v) is 6.08. The molecule has 0 saturated heterocycles. The second-order valence-corrected chi connectivity index (χ2v) is 8.33. The average Bonchev–Trinajstić information content (AvgIpc) is 3.31. The van der Waals surface area contributed by atoms with Crippen LogP contribution in [0.25, 0.3) is 17.0 Å². The highest BCUT2D eigenvalue weighted by Crippen LogP contribution is 2.37. The van der Waals surface area contributed by atoms with Crippen molar-refractivity contribution in [1.82, 2.24) is 20.4 Å². The van der Waals surface area contributed by atoms with Gasteiger partial charge >= 0.3 is 0 Å². The van der Waals surface area contributed by atoms with Gasteiger partial charge in [-0.3, -0.25) is 0 Å². The monoisotopic (exact) mass is 464 g/mol. The van der Waals surface area contributed by atoms with Crippen molar-refractivity contribution in [3.8, 4) is 17.1 Å². The molecule has 1 N–H and O–H groups in total. The molecule has 1 aromatic heterocycles. The normalized spacial score (nSPS) is 16.2. The molecule has 7 nitrogen and oxygen atoms in total. The number of nitrogens with zero attached hydrogens (tertiary/aromatic N) is 3. The minimum atomic E-state index is -0.194. The Morgan fingerprint density at radius 3 is 2.45 bits per heavy atom. The fourth-order valence-electron chi connectivity index (χ4n) is 3.89. The number of rotatable bonds is 8. The van der Waals surface area contributed by atoms with Crippen LogP contribution in [0.5, 0.6) is 5.75 Å². The van der Waals surface area contributed by atoms with Gasteiger partial charge in [0.2, 0.25) is 5.82 Å². The highest BCUT2D eigenvalue weighted by atomic mass is 32.1. The van der Waals surface area contributed by atoms with E-state index in [1.54, 1.807) is 14.2 Å². The second-order valence-electron chi connectivity index (χ2n) is 7.94. The number of aromatic nitrogens is 2. The minimum Gasteiger partial charge on any atom is -0.497 e. The Hall–Kier alpha value is -3.23. The van der Waals surface area contributed by atoms with Crippen LogP contribution in [-0.4, -0.2) is 47.5 Å². The standard InChI is InChI=1S/C25H28N4O3S/c1-16-6-8-18(9-7-16)22-21(17(2)29(25(33)26-22)14-5-15-30-3)24-27-23(28-32-24)19-10-12-20(31-4)13-11-19/h6-13,22H,5,14-15H2,1-4H3,(H,26,33). The van der Waals surface area contributed by atoms with Gasteiger partial charge in [0.15, 0.2) is 5.11 Å². The maximum absolute atomic E-state index is 5.79. The lowest BCUT2D eigenvalue weighted by Gasteiger charge is -2.37. The molecule has 1 aliphatic rings. The van der Waals surface area contributed by atoms with E-state index in [0.717, 1.165) is 41.1 Å². The second kappa shape index (κ2) is 10.1. The summed E-state index contributed by atoms with van der Waals surface area (Å²) in [4.78, 5) is 6.82. The lowest BCUT2D eigenvalue weighted by atomic mass is 9.94. The molecule has 0 saturated carbocycles. The van der Waals surface area contributed by atoms with Gasteiger partial charge in [0.05, 0.1) is 18.7 Å². The van der Waals surface area contributed by atoms with Crippen molar-refractivity contribution in [1.29, 1.82) is 0 Å². The predicted molar refractivity (Wildman–Crippen MR) is 132 cm³/mol. The van der Waals surface area contributed by atoms with Crippen LogP contribution in [-0.2, 0) is 4.74 Å². The van der Waals surface area contributed by atoms with Crippen LogP contribution in [0.2, 0.25) is 0 Å². The summed E-state index contributed by atoms with van der Waals surface area (Å²) in [6.45, 7) is 5.51. The highest BCUT2D eigenvalue weighted by molar-refractivity contribution is 7.80. The molecule has 1 aliphatic heterocycles. The van der Waals surface area contributed by atoms with Gasteiger partial charge in [-0.25, -0.2) is 0 Å². The zero-order valence-corrected chi connectivity index (χ0v) is 20.1. The van der Waals surface area contributed by atoms with Crippen LogP contribution in [0.3, 0.4) is 0 Å². The largest absolute Gasteiger partial charge is 0.497 e. The third-order valence-electron chi connectivity index (χ3n) is 5.74. The Bertz CT molecular complexity index is 1140. The highest BCUT2D eigenvalue weighted by Gasteiger charge is 2.33. The summed E-state index contributed by atoms with van der Waals surface area (Å²) < 4.78 is 16.3. The number of hydrogen-bond donors (Lipinski definition) is 1. The van der Waals surface area contributed by atoms with Crippen LogP contribution in [0, 0.1) is 6.92 Å². The van der Waals surface area contributed by atoms with Crippen LogP contribution < -0.4 is 10.1 Å². The van der Waals surface area contributed by atoms with Crippen molar-refractivity contribution >= 4 is 22.9 Å². The summed E-state index contributed by atoms with van der Waals surface area (Å²) in [6, 6.07) is 15.8. The maximum atomic E-state index is 5.79. The number of thiocarbonyl (C=S) groups is 1. The lowest BCUT2D eigenvalue weighted by Crippen LogP contribution is -2.46. The van der Waals surface area contributed by atoms with Crippen molar-refractivity contribution in [3.63, 3.8) is 0 Å². The molecular formula is C25H28N4O3S. The van der Waals surface area contributed by atoms with E-state index < -0.39 is 0 Å². The molecule has 2 aromatic carbocycles. The molecule has 8 heteroatoms. The molecule has 0 aliphatic carbocycles. The molecule has 1 unspecified atom stereocenters. The number of ether oxygens (including phenoxy) is 2. The van der Waals surface area contributed by atoms with Crippen molar-refractivity contribution < 1.29 is 14.0 Å². The van der Waals surface area contributed by atoms with Gasteiger partial charge in [-0.15, -0.1) is 0 Å². The summed E-state index contributed by atoms with van der Waals surface area (Å²) in [7, 11) is 3.34. The number of benzene rings is 2. The summed E-state index contributed by atoms with van der Waals surface area (Å²) in [5.74, 6) is 1.77. The Balaban J connectivity index is 1.74. The SMILES string of the molecule is COCCCN1C(=S)NC(c2ccc(C)cc2)C(c2nc(-c3ccc(OC)cc3)no2)=C1C. The molecule has 2 heterocycles. The summed E-state index contributed by atoms with van der Waals surface area (Å²) in [5.41, 5.74) is 5.04. The van der Waals surface area contributed by atoms with Gasteiger partial charge in [0.1, 0.15) is 5.75 Å². The molecule has 0 bridgehead atoms. The van der Waals surface area contributed by atoms with Crippen LogP contribution in [0.4, 0.5) is 0 Å². The molecule has 33 heavy (non-hydrogen) atoms. The van der Waals surface area contributed by atoms with E-state index in [1.807, 2.05) is 31.2 Å². The van der Waals surface area contributed by atoms with Gasteiger partial charge < -0.3 is 24.2 Å². The van der Waals surface area contributed by atoms with Crippen LogP contribution >= 0.6 is 12.2 Å². The van der Waals surface area contributed by atoms with Crippen molar-refractivity contribution in [3.05, 3.63) is 71.2 Å². The van der Waals surface area contributed by atoms with E-state index in [2.05, 4.69) is 46.6 Å². The van der Waals surface area contributed by atoms with Crippen molar-refractivity contribution in [2.24, 2.45) is 0 Å². The van der Waals surface area contributed by atoms with E-state index in [4.69, 9.17) is 31.2 Å². The molecule has 1 atom stereocenters. The fraction of sp³-hybridized carbons (Fsp3) is 0.320. The van der Waals surface area contributed by atoms with Crippen molar-refractivity contribution in [2.45, 2.75) is 26.3 Å². The maximum Gasteiger partial charge on any atom is 0.258 e. The zero-order valence-electron chi connectivity index (χ0n) is 19.3. The number of nitrogens with one attached hydrogen (secondary N) is 1. The first-order valence-corrected chi connectivity index (χ1v) is 11.3. The van der Waals surface area contributed by atoms with E-state index in [-0.39, 0.29) is 6.04 Å². The summed E-state index contributed by atoms with van der Waals surface area (Å²) in [6.07, 6.45) is 0.846. The lowest BCUT2D eigenvalue weighted by molar-refractivity contribution is 0.188.